The highest BCUT2D eigenvalue weighted by molar-refractivity contribution is 5.89. The smallest absolute Gasteiger partial charge is 0.271 e. The van der Waals surface area contributed by atoms with E-state index in [9.17, 15) is 30.3 Å². The van der Waals surface area contributed by atoms with E-state index in [2.05, 4.69) is 9.98 Å². The molecule has 2 aromatic heterocycles. The molecule has 2 heterocycles. The molecule has 10 nitrogen and oxygen atoms in total. The van der Waals surface area contributed by atoms with Crippen molar-refractivity contribution >= 4 is 23.8 Å². The van der Waals surface area contributed by atoms with Crippen LogP contribution >= 0.6 is 0 Å². The third-order valence-corrected chi connectivity index (χ3v) is 5.45. The standard InChI is InChI=1S/C24H20N6O4/c1-13-17(9-25)21(31)29(3)23(33)19(13)11-27-15-6-5-7-16(8-15)28-12-20-14(2)18(10-26)22(32)30(4)24(20)34/h5-8,11-12,33-34H,1-4H3. The summed E-state index contributed by atoms with van der Waals surface area (Å²) in [6.07, 6.45) is 2.71. The van der Waals surface area contributed by atoms with Gasteiger partial charge < -0.3 is 10.2 Å². The number of nitrogens with zero attached hydrogens (tertiary/aromatic N) is 6. The predicted octanol–water partition coefficient (Wildman–Crippen LogP) is 2.36. The van der Waals surface area contributed by atoms with E-state index in [1.165, 1.54) is 26.5 Å². The fourth-order valence-corrected chi connectivity index (χ4v) is 3.32. The van der Waals surface area contributed by atoms with Crippen molar-refractivity contribution in [2.24, 2.45) is 24.1 Å². The van der Waals surface area contributed by atoms with Gasteiger partial charge in [0.25, 0.3) is 11.1 Å². The number of rotatable bonds is 4. The van der Waals surface area contributed by atoms with Crippen LogP contribution in [0.3, 0.4) is 0 Å². The molecule has 34 heavy (non-hydrogen) atoms. The number of hydrogen-bond donors (Lipinski definition) is 2. The van der Waals surface area contributed by atoms with Gasteiger partial charge in [-0.1, -0.05) is 6.07 Å². The molecule has 0 aliphatic heterocycles. The lowest BCUT2D eigenvalue weighted by molar-refractivity contribution is 0.421. The van der Waals surface area contributed by atoms with Gasteiger partial charge in [0.1, 0.15) is 23.3 Å². The molecule has 0 radical (unpaired) electrons. The van der Waals surface area contributed by atoms with Gasteiger partial charge in [-0.25, -0.2) is 0 Å². The van der Waals surface area contributed by atoms with Crippen LogP contribution in [0, 0.1) is 36.5 Å². The second-order valence-electron chi connectivity index (χ2n) is 7.46. The average Bonchev–Trinajstić information content (AvgIpc) is 2.82. The Morgan fingerprint density at radius 3 is 1.56 bits per heavy atom. The topological polar surface area (TPSA) is 157 Å². The zero-order chi connectivity index (χ0) is 25.2. The van der Waals surface area contributed by atoms with Gasteiger partial charge in [-0.05, 0) is 43.2 Å². The molecule has 0 spiro atoms. The summed E-state index contributed by atoms with van der Waals surface area (Å²) >= 11 is 0. The Balaban J connectivity index is 2.00. The number of hydrogen-bond acceptors (Lipinski definition) is 8. The first-order valence-corrected chi connectivity index (χ1v) is 9.95. The molecule has 0 unspecified atom stereocenters. The van der Waals surface area contributed by atoms with Crippen molar-refractivity contribution < 1.29 is 10.2 Å². The third-order valence-electron chi connectivity index (χ3n) is 5.45. The molecular formula is C24H20N6O4. The number of aromatic nitrogens is 2. The maximum Gasteiger partial charge on any atom is 0.271 e. The molecule has 0 aliphatic rings. The summed E-state index contributed by atoms with van der Waals surface area (Å²) in [5, 5.41) is 39.2. The van der Waals surface area contributed by atoms with E-state index in [-0.39, 0.29) is 34.0 Å². The van der Waals surface area contributed by atoms with Gasteiger partial charge in [0.15, 0.2) is 0 Å². The Labute approximate surface area is 194 Å². The van der Waals surface area contributed by atoms with Crippen molar-refractivity contribution in [1.82, 2.24) is 9.13 Å². The van der Waals surface area contributed by atoms with Gasteiger partial charge >= 0.3 is 0 Å². The second-order valence-corrected chi connectivity index (χ2v) is 7.46. The summed E-state index contributed by atoms with van der Waals surface area (Å²) in [7, 11) is 2.72. The van der Waals surface area contributed by atoms with Crippen LogP contribution in [0.4, 0.5) is 11.4 Å². The summed E-state index contributed by atoms with van der Waals surface area (Å²) in [5.74, 6) is -0.623. The number of pyridine rings is 2. The van der Waals surface area contributed by atoms with E-state index >= 15 is 0 Å². The predicted molar refractivity (Wildman–Crippen MR) is 127 cm³/mol. The number of nitriles is 2. The highest BCUT2D eigenvalue weighted by Crippen LogP contribution is 2.24. The Bertz CT molecular complexity index is 1460. The van der Waals surface area contributed by atoms with Crippen LogP contribution in [0.15, 0.2) is 43.8 Å². The van der Waals surface area contributed by atoms with E-state index in [0.717, 1.165) is 9.13 Å². The van der Waals surface area contributed by atoms with E-state index in [0.29, 0.717) is 22.5 Å². The minimum absolute atomic E-state index is 0.0794. The Morgan fingerprint density at radius 2 is 1.21 bits per heavy atom. The molecular weight excluding hydrogens is 436 g/mol. The van der Waals surface area contributed by atoms with Crippen LogP contribution in [0.2, 0.25) is 0 Å². The van der Waals surface area contributed by atoms with Gasteiger partial charge in [0.05, 0.1) is 22.5 Å². The number of benzene rings is 1. The zero-order valence-corrected chi connectivity index (χ0v) is 18.9. The van der Waals surface area contributed by atoms with Crippen molar-refractivity contribution in [2.75, 3.05) is 0 Å². The first kappa shape index (κ1) is 23.7. The van der Waals surface area contributed by atoms with E-state index in [1.807, 2.05) is 12.1 Å². The van der Waals surface area contributed by atoms with Crippen LogP contribution in [0.5, 0.6) is 11.8 Å². The molecule has 0 amide bonds. The molecule has 2 N–H and O–H groups in total. The average molecular weight is 456 g/mol. The second kappa shape index (κ2) is 9.27. The van der Waals surface area contributed by atoms with Crippen LogP contribution in [0.1, 0.15) is 33.4 Å². The molecule has 0 fully saturated rings. The molecule has 0 saturated heterocycles. The highest BCUT2D eigenvalue weighted by atomic mass is 16.3. The van der Waals surface area contributed by atoms with Crippen molar-refractivity contribution in [3.63, 3.8) is 0 Å². The summed E-state index contributed by atoms with van der Waals surface area (Å²) in [6, 6.07) is 10.4. The molecule has 3 rings (SSSR count). The monoisotopic (exact) mass is 456 g/mol. The fraction of sp³-hybridized carbons (Fsp3) is 0.167. The molecule has 0 bridgehead atoms. The quantitative estimate of drug-likeness (QED) is 0.574. The van der Waals surface area contributed by atoms with Crippen molar-refractivity contribution in [2.45, 2.75) is 13.8 Å². The zero-order valence-electron chi connectivity index (χ0n) is 18.9. The van der Waals surface area contributed by atoms with E-state index in [4.69, 9.17) is 0 Å². The fourth-order valence-electron chi connectivity index (χ4n) is 3.32. The summed E-state index contributed by atoms with van der Waals surface area (Å²) in [5.41, 5.74) is 0.702. The molecule has 3 aromatic rings. The van der Waals surface area contributed by atoms with Crippen LogP contribution in [-0.2, 0) is 14.1 Å². The summed E-state index contributed by atoms with van der Waals surface area (Å²) in [4.78, 5) is 32.8. The lowest BCUT2D eigenvalue weighted by Crippen LogP contribution is -2.22. The van der Waals surface area contributed by atoms with Crippen molar-refractivity contribution in [3.8, 4) is 23.9 Å². The van der Waals surface area contributed by atoms with Crippen LogP contribution in [0.25, 0.3) is 0 Å². The lowest BCUT2D eigenvalue weighted by Gasteiger charge is -2.10. The normalized spacial score (nSPS) is 11.1. The van der Waals surface area contributed by atoms with Crippen LogP contribution in [-0.4, -0.2) is 31.8 Å². The largest absolute Gasteiger partial charge is 0.494 e. The van der Waals surface area contributed by atoms with Crippen molar-refractivity contribution in [3.05, 3.63) is 78.4 Å². The Morgan fingerprint density at radius 1 is 0.824 bits per heavy atom. The Kier molecular flexibility index (Phi) is 6.46. The van der Waals surface area contributed by atoms with Gasteiger partial charge in [0.2, 0.25) is 11.8 Å². The third kappa shape index (κ3) is 4.08. The Hall–Kier alpha value is -4.96. The number of aromatic hydroxyl groups is 2. The molecule has 0 aliphatic carbocycles. The maximum absolute atomic E-state index is 12.1. The highest BCUT2D eigenvalue weighted by Gasteiger charge is 2.16. The van der Waals surface area contributed by atoms with Gasteiger partial charge in [-0.3, -0.25) is 28.7 Å². The van der Waals surface area contributed by atoms with E-state index < -0.39 is 11.1 Å². The molecule has 170 valence electrons. The minimum atomic E-state index is -0.595. The molecule has 1 aromatic carbocycles. The van der Waals surface area contributed by atoms with Gasteiger partial charge in [-0.2, -0.15) is 10.5 Å². The number of aliphatic imine (C=N–C) groups is 2. The molecule has 0 saturated carbocycles. The first-order valence-electron chi connectivity index (χ1n) is 9.95. The van der Waals surface area contributed by atoms with Gasteiger partial charge in [-0.15, -0.1) is 0 Å². The maximum atomic E-state index is 12.1. The van der Waals surface area contributed by atoms with Crippen molar-refractivity contribution in [1.29, 1.82) is 10.5 Å². The lowest BCUT2D eigenvalue weighted by atomic mass is 10.1. The molecule has 10 heteroatoms. The summed E-state index contributed by atoms with van der Waals surface area (Å²) in [6.45, 7) is 3.11. The first-order chi connectivity index (χ1) is 16.1. The summed E-state index contributed by atoms with van der Waals surface area (Å²) < 4.78 is 1.95. The van der Waals surface area contributed by atoms with E-state index in [1.54, 1.807) is 38.1 Å². The van der Waals surface area contributed by atoms with Gasteiger partial charge in [0, 0.05) is 26.5 Å². The minimum Gasteiger partial charge on any atom is -0.494 e. The SMILES string of the molecule is Cc1c(C=Nc2cccc(N=Cc3c(C)c(C#N)c(=O)n(C)c3O)c2)c(O)n(C)c(=O)c1C#N. The van der Waals surface area contributed by atoms with Crippen LogP contribution < -0.4 is 11.1 Å². The molecule has 0 atom stereocenters.